The van der Waals surface area contributed by atoms with E-state index in [0.717, 1.165) is 36.8 Å². The van der Waals surface area contributed by atoms with Crippen LogP contribution in [0.4, 0.5) is 0 Å². The summed E-state index contributed by atoms with van der Waals surface area (Å²) in [6.07, 6.45) is 2.93. The number of guanidine groups is 1. The highest BCUT2D eigenvalue weighted by molar-refractivity contribution is 14.0. The molecule has 1 aromatic rings. The molecule has 0 amide bonds. The first-order valence-corrected chi connectivity index (χ1v) is 8.19. The van der Waals surface area contributed by atoms with Gasteiger partial charge >= 0.3 is 0 Å². The number of nitrogens with one attached hydrogen (secondary N) is 2. The molecule has 3 nitrogen and oxygen atoms in total. The van der Waals surface area contributed by atoms with Crippen molar-refractivity contribution in [1.82, 2.24) is 10.6 Å². The first-order chi connectivity index (χ1) is 9.15. The molecule has 0 radical (unpaired) electrons. The molecule has 1 aromatic carbocycles. The summed E-state index contributed by atoms with van der Waals surface area (Å²) in [5.41, 5.74) is 1.12. The van der Waals surface area contributed by atoms with E-state index in [-0.39, 0.29) is 24.0 Å². The molecule has 0 unspecified atom stereocenters. The maximum atomic E-state index is 5.96. The van der Waals surface area contributed by atoms with E-state index in [1.54, 1.807) is 24.9 Å². The Bertz CT molecular complexity index is 410. The van der Waals surface area contributed by atoms with Crippen molar-refractivity contribution in [3.8, 4) is 0 Å². The fraction of sp³-hybridized carbons (Fsp3) is 0.462. The highest BCUT2D eigenvalue weighted by atomic mass is 127. The second-order valence-electron chi connectivity index (χ2n) is 3.95. The molecule has 0 bridgehead atoms. The highest BCUT2D eigenvalue weighted by Crippen LogP contribution is 2.19. The van der Waals surface area contributed by atoms with Gasteiger partial charge in [0.15, 0.2) is 5.96 Å². The molecule has 20 heavy (non-hydrogen) atoms. The minimum absolute atomic E-state index is 0. The third-order valence-electron chi connectivity index (χ3n) is 2.45. The van der Waals surface area contributed by atoms with E-state index in [9.17, 15) is 0 Å². The fourth-order valence-electron chi connectivity index (χ4n) is 1.57. The quantitative estimate of drug-likeness (QED) is 0.302. The topological polar surface area (TPSA) is 36.4 Å². The van der Waals surface area contributed by atoms with Gasteiger partial charge in [-0.05, 0) is 36.4 Å². The molecule has 7 heteroatoms. The summed E-state index contributed by atoms with van der Waals surface area (Å²) >= 11 is 13.7. The number of benzene rings is 1. The maximum absolute atomic E-state index is 5.96. The SMILES string of the molecule is CN=C(NCCSC)NCCc1cc(Cl)cc(Cl)c1.I. The predicted octanol–water partition coefficient (Wildman–Crippen LogP) is 3.68. The molecular formula is C13H20Cl2IN3S. The van der Waals surface area contributed by atoms with Crippen LogP contribution >= 0.6 is 58.9 Å². The molecule has 0 saturated carbocycles. The molecule has 0 aliphatic rings. The van der Waals surface area contributed by atoms with Gasteiger partial charge in [0.1, 0.15) is 0 Å². The van der Waals surface area contributed by atoms with Crippen molar-refractivity contribution in [1.29, 1.82) is 0 Å². The molecule has 0 spiro atoms. The van der Waals surface area contributed by atoms with Crippen molar-refractivity contribution in [2.75, 3.05) is 32.1 Å². The summed E-state index contributed by atoms with van der Waals surface area (Å²) in [7, 11) is 1.77. The number of nitrogens with zero attached hydrogens (tertiary/aromatic N) is 1. The Morgan fingerprint density at radius 2 is 1.75 bits per heavy atom. The molecule has 0 saturated heterocycles. The smallest absolute Gasteiger partial charge is 0.191 e. The lowest BCUT2D eigenvalue weighted by Crippen LogP contribution is -2.39. The lowest BCUT2D eigenvalue weighted by Gasteiger charge is -2.11. The molecule has 0 fully saturated rings. The molecule has 0 atom stereocenters. The van der Waals surface area contributed by atoms with E-state index >= 15 is 0 Å². The van der Waals surface area contributed by atoms with Crippen LogP contribution in [0.25, 0.3) is 0 Å². The minimum Gasteiger partial charge on any atom is -0.356 e. The molecule has 0 aliphatic carbocycles. The van der Waals surface area contributed by atoms with Gasteiger partial charge in [0, 0.05) is 35.9 Å². The number of thioether (sulfide) groups is 1. The third kappa shape index (κ3) is 8.44. The maximum Gasteiger partial charge on any atom is 0.191 e. The summed E-state index contributed by atoms with van der Waals surface area (Å²) in [5, 5.41) is 7.85. The zero-order valence-electron chi connectivity index (χ0n) is 11.6. The van der Waals surface area contributed by atoms with Crippen LogP contribution < -0.4 is 10.6 Å². The molecular weight excluding hydrogens is 428 g/mol. The van der Waals surface area contributed by atoms with Crippen molar-refractivity contribution in [2.24, 2.45) is 4.99 Å². The van der Waals surface area contributed by atoms with Crippen LogP contribution in [-0.2, 0) is 6.42 Å². The number of hydrogen-bond donors (Lipinski definition) is 2. The molecule has 1 rings (SSSR count). The lowest BCUT2D eigenvalue weighted by atomic mass is 10.1. The number of aliphatic imine (C=N–C) groups is 1. The van der Waals surface area contributed by atoms with E-state index in [1.165, 1.54) is 0 Å². The average Bonchev–Trinajstić information content (AvgIpc) is 2.36. The van der Waals surface area contributed by atoms with Crippen molar-refractivity contribution in [3.63, 3.8) is 0 Å². The Morgan fingerprint density at radius 3 is 2.30 bits per heavy atom. The summed E-state index contributed by atoms with van der Waals surface area (Å²) in [6.45, 7) is 1.69. The van der Waals surface area contributed by atoms with Crippen molar-refractivity contribution >= 4 is 64.9 Å². The fourth-order valence-corrected chi connectivity index (χ4v) is 2.45. The van der Waals surface area contributed by atoms with E-state index in [0.29, 0.717) is 10.0 Å². The van der Waals surface area contributed by atoms with Gasteiger partial charge in [0.2, 0.25) is 0 Å². The van der Waals surface area contributed by atoms with Crippen molar-refractivity contribution < 1.29 is 0 Å². The summed E-state index contributed by atoms with van der Waals surface area (Å²) < 4.78 is 0. The predicted molar refractivity (Wildman–Crippen MR) is 103 cm³/mol. The van der Waals surface area contributed by atoms with Gasteiger partial charge in [-0.2, -0.15) is 11.8 Å². The van der Waals surface area contributed by atoms with E-state index in [2.05, 4.69) is 21.9 Å². The van der Waals surface area contributed by atoms with Crippen LogP contribution in [0.1, 0.15) is 5.56 Å². The van der Waals surface area contributed by atoms with Crippen molar-refractivity contribution in [3.05, 3.63) is 33.8 Å². The second kappa shape index (κ2) is 11.8. The van der Waals surface area contributed by atoms with Crippen molar-refractivity contribution in [2.45, 2.75) is 6.42 Å². The Labute approximate surface area is 152 Å². The van der Waals surface area contributed by atoms with Crippen LogP contribution in [-0.4, -0.2) is 38.1 Å². The van der Waals surface area contributed by atoms with Crippen LogP contribution in [0, 0.1) is 0 Å². The summed E-state index contributed by atoms with van der Waals surface area (Å²) in [4.78, 5) is 4.16. The minimum atomic E-state index is 0. The Balaban J connectivity index is 0.00000361. The average molecular weight is 448 g/mol. The van der Waals surface area contributed by atoms with Gasteiger partial charge in [0.05, 0.1) is 0 Å². The zero-order valence-corrected chi connectivity index (χ0v) is 16.2. The van der Waals surface area contributed by atoms with Gasteiger partial charge in [-0.1, -0.05) is 23.2 Å². The van der Waals surface area contributed by atoms with E-state index in [1.807, 2.05) is 12.1 Å². The zero-order chi connectivity index (χ0) is 14.1. The second-order valence-corrected chi connectivity index (χ2v) is 5.80. The Morgan fingerprint density at radius 1 is 1.15 bits per heavy atom. The third-order valence-corrected chi connectivity index (χ3v) is 3.50. The van der Waals surface area contributed by atoms with Crippen LogP contribution in [0.15, 0.2) is 23.2 Å². The van der Waals surface area contributed by atoms with Gasteiger partial charge in [-0.15, -0.1) is 24.0 Å². The van der Waals surface area contributed by atoms with Gasteiger partial charge < -0.3 is 10.6 Å². The molecule has 114 valence electrons. The van der Waals surface area contributed by atoms with Crippen LogP contribution in [0.3, 0.4) is 0 Å². The Kier molecular flexibility index (Phi) is 11.9. The van der Waals surface area contributed by atoms with E-state index in [4.69, 9.17) is 23.2 Å². The largest absolute Gasteiger partial charge is 0.356 e. The summed E-state index contributed by atoms with van der Waals surface area (Å²) in [6, 6.07) is 5.60. The molecule has 2 N–H and O–H groups in total. The van der Waals surface area contributed by atoms with Crippen LogP contribution in [0.2, 0.25) is 10.0 Å². The first kappa shape index (κ1) is 20.1. The van der Waals surface area contributed by atoms with Gasteiger partial charge in [0.25, 0.3) is 0 Å². The number of rotatable bonds is 6. The number of hydrogen-bond acceptors (Lipinski definition) is 2. The Hall–Kier alpha value is 0.150. The lowest BCUT2D eigenvalue weighted by molar-refractivity contribution is 0.812. The van der Waals surface area contributed by atoms with Crippen LogP contribution in [0.5, 0.6) is 0 Å². The van der Waals surface area contributed by atoms with Gasteiger partial charge in [-0.3, -0.25) is 4.99 Å². The number of halogens is 3. The molecule has 0 aromatic heterocycles. The molecule has 0 aliphatic heterocycles. The first-order valence-electron chi connectivity index (χ1n) is 6.04. The molecule has 0 heterocycles. The highest BCUT2D eigenvalue weighted by Gasteiger charge is 2.00. The summed E-state index contributed by atoms with van der Waals surface area (Å²) in [5.74, 6) is 1.88. The van der Waals surface area contributed by atoms with E-state index < -0.39 is 0 Å². The monoisotopic (exact) mass is 447 g/mol. The van der Waals surface area contributed by atoms with Gasteiger partial charge in [-0.25, -0.2) is 0 Å². The normalized spacial score (nSPS) is 10.9. The standard InChI is InChI=1S/C13H19Cl2N3S.HI/c1-16-13(18-5-6-19-2)17-4-3-10-7-11(14)9-12(15)8-10;/h7-9H,3-6H2,1-2H3,(H2,16,17,18);1H.